The van der Waals surface area contributed by atoms with E-state index in [1.165, 1.54) is 12.1 Å². The summed E-state index contributed by atoms with van der Waals surface area (Å²) in [7, 11) is 0. The molecule has 0 spiro atoms. The van der Waals surface area contributed by atoms with Crippen LogP contribution < -0.4 is 16.0 Å². The number of nitrogens with one attached hydrogen (secondary N) is 3. The molecule has 2 atom stereocenters. The van der Waals surface area contributed by atoms with Crippen LogP contribution in [0.1, 0.15) is 80.2 Å². The highest BCUT2D eigenvalue weighted by atomic mass is 19.4. The van der Waals surface area contributed by atoms with Gasteiger partial charge in [-0.25, -0.2) is 4.79 Å². The quantitative estimate of drug-likeness (QED) is 0.233. The minimum absolute atomic E-state index is 0.0599. The molecule has 0 saturated heterocycles. The van der Waals surface area contributed by atoms with Crippen molar-refractivity contribution in [3.05, 3.63) is 89.2 Å². The minimum Gasteiger partial charge on any atom is -0.444 e. The van der Waals surface area contributed by atoms with E-state index in [4.69, 9.17) is 4.74 Å². The van der Waals surface area contributed by atoms with Crippen LogP contribution in [-0.4, -0.2) is 40.4 Å². The molecule has 12 heteroatoms. The van der Waals surface area contributed by atoms with Gasteiger partial charge in [-0.3, -0.25) is 14.4 Å². The lowest BCUT2D eigenvalue weighted by Gasteiger charge is -2.44. The Bertz CT molecular complexity index is 1520. The Kier molecular flexibility index (Phi) is 9.74. The number of anilines is 1. The summed E-state index contributed by atoms with van der Waals surface area (Å²) in [6.07, 6.45) is -0.951. The molecule has 1 fully saturated rings. The Labute approximate surface area is 259 Å². The number of alkyl halides is 3. The number of carbonyl (C=O) groups excluding carboxylic acids is 4. The fourth-order valence-corrected chi connectivity index (χ4v) is 5.17. The van der Waals surface area contributed by atoms with Crippen LogP contribution in [0, 0.1) is 0 Å². The predicted molar refractivity (Wildman–Crippen MR) is 162 cm³/mol. The second-order valence-corrected chi connectivity index (χ2v) is 12.2. The van der Waals surface area contributed by atoms with Gasteiger partial charge in [-0.15, -0.1) is 0 Å². The number of carbonyl (C=O) groups is 4. The molecule has 2 aromatic carbocycles. The van der Waals surface area contributed by atoms with Gasteiger partial charge in [-0.2, -0.15) is 13.2 Å². The van der Waals surface area contributed by atoms with E-state index in [0.717, 1.165) is 24.1 Å². The van der Waals surface area contributed by atoms with Crippen LogP contribution in [-0.2, 0) is 32.5 Å². The van der Waals surface area contributed by atoms with Crippen molar-refractivity contribution in [2.24, 2.45) is 0 Å². The SMILES string of the molecule is CC(C(=O)Nc1ccc(C2(NC(=O)[C@H](Cc3ccc(C(F)(F)F)cc3)NC(=O)OC(C)(C)C)CCC2)cc1)n1cccc1C=O. The van der Waals surface area contributed by atoms with Gasteiger partial charge in [0.1, 0.15) is 17.7 Å². The lowest BCUT2D eigenvalue weighted by Crippen LogP contribution is -2.57. The maximum Gasteiger partial charge on any atom is 0.416 e. The molecule has 45 heavy (non-hydrogen) atoms. The largest absolute Gasteiger partial charge is 0.444 e. The molecule has 3 amide bonds. The first-order chi connectivity index (χ1) is 21.1. The maximum absolute atomic E-state index is 13.7. The van der Waals surface area contributed by atoms with Gasteiger partial charge < -0.3 is 25.3 Å². The molecule has 9 nitrogen and oxygen atoms in total. The van der Waals surface area contributed by atoms with Crippen molar-refractivity contribution in [3.63, 3.8) is 0 Å². The normalized spacial score (nSPS) is 15.6. The van der Waals surface area contributed by atoms with Crippen LogP contribution in [0.4, 0.5) is 23.7 Å². The zero-order chi connectivity index (χ0) is 33.0. The summed E-state index contributed by atoms with van der Waals surface area (Å²) in [6.45, 7) is 6.71. The molecule has 1 heterocycles. The Morgan fingerprint density at radius 1 is 0.978 bits per heavy atom. The number of amides is 3. The van der Waals surface area contributed by atoms with E-state index < -0.39 is 47.0 Å². The van der Waals surface area contributed by atoms with Crippen LogP contribution in [0.5, 0.6) is 0 Å². The highest BCUT2D eigenvalue weighted by Crippen LogP contribution is 2.42. The first-order valence-corrected chi connectivity index (χ1v) is 14.6. The zero-order valence-corrected chi connectivity index (χ0v) is 25.5. The van der Waals surface area contributed by atoms with Gasteiger partial charge in [-0.1, -0.05) is 24.3 Å². The van der Waals surface area contributed by atoms with Crippen molar-refractivity contribution in [3.8, 4) is 0 Å². The van der Waals surface area contributed by atoms with Crippen LogP contribution in [0.3, 0.4) is 0 Å². The third-order valence-electron chi connectivity index (χ3n) is 7.73. The van der Waals surface area contributed by atoms with Crippen LogP contribution in [0.15, 0.2) is 66.9 Å². The molecule has 1 aliphatic carbocycles. The van der Waals surface area contributed by atoms with Gasteiger partial charge in [0.25, 0.3) is 0 Å². The highest BCUT2D eigenvalue weighted by Gasteiger charge is 2.42. The molecule has 3 N–H and O–H groups in total. The summed E-state index contributed by atoms with van der Waals surface area (Å²) in [5.74, 6) is -0.822. The molecule has 1 unspecified atom stereocenters. The molecule has 1 aliphatic rings. The molecule has 240 valence electrons. The number of ether oxygens (including phenoxy) is 1. The number of rotatable bonds is 10. The molecule has 4 rings (SSSR count). The molecular weight excluding hydrogens is 589 g/mol. The van der Waals surface area contributed by atoms with Gasteiger partial charge in [-0.05, 0) is 94.5 Å². The third kappa shape index (κ3) is 8.31. The molecule has 0 radical (unpaired) electrons. The van der Waals surface area contributed by atoms with E-state index in [2.05, 4.69) is 16.0 Å². The van der Waals surface area contributed by atoms with Gasteiger partial charge in [0.2, 0.25) is 11.8 Å². The lowest BCUT2D eigenvalue weighted by molar-refractivity contribution is -0.137. The second-order valence-electron chi connectivity index (χ2n) is 12.2. The van der Waals surface area contributed by atoms with E-state index in [9.17, 15) is 32.3 Å². The number of hydrogen-bond acceptors (Lipinski definition) is 5. The molecule has 0 aliphatic heterocycles. The van der Waals surface area contributed by atoms with Crippen molar-refractivity contribution >= 4 is 29.9 Å². The fourth-order valence-electron chi connectivity index (χ4n) is 5.17. The molecule has 3 aromatic rings. The summed E-state index contributed by atoms with van der Waals surface area (Å²) in [5.41, 5.74) is -0.238. The van der Waals surface area contributed by atoms with Crippen molar-refractivity contribution in [2.45, 2.75) is 82.8 Å². The van der Waals surface area contributed by atoms with E-state index in [1.54, 1.807) is 74.9 Å². The average Bonchev–Trinajstić information content (AvgIpc) is 3.42. The standard InChI is InChI=1S/C33H37F3N4O5/c1-21(40-18-5-7-26(40)20-41)28(42)37-25-14-12-23(13-15-25)32(16-6-17-32)39-29(43)27(38-30(44)45-31(2,3)4)19-22-8-10-24(11-9-22)33(34,35)36/h5,7-15,18,20-21,27H,6,16-17,19H2,1-4H3,(H,37,42)(H,38,44)(H,39,43)/t21?,27-/m0/s1. The smallest absolute Gasteiger partial charge is 0.416 e. The van der Waals surface area contributed by atoms with Crippen molar-refractivity contribution in [1.29, 1.82) is 0 Å². The first-order valence-electron chi connectivity index (χ1n) is 14.6. The van der Waals surface area contributed by atoms with Crippen LogP contribution in [0.25, 0.3) is 0 Å². The van der Waals surface area contributed by atoms with Gasteiger partial charge in [0.15, 0.2) is 6.29 Å². The number of halogens is 3. The van der Waals surface area contributed by atoms with E-state index in [-0.39, 0.29) is 12.3 Å². The predicted octanol–water partition coefficient (Wildman–Crippen LogP) is 6.15. The number of alkyl carbamates (subject to hydrolysis) is 1. The van der Waals surface area contributed by atoms with Gasteiger partial charge in [0, 0.05) is 18.3 Å². The monoisotopic (exact) mass is 626 g/mol. The Hall–Kier alpha value is -4.61. The number of aldehydes is 1. The zero-order valence-electron chi connectivity index (χ0n) is 25.5. The summed E-state index contributed by atoms with van der Waals surface area (Å²) in [5, 5.41) is 8.49. The Morgan fingerprint density at radius 3 is 2.16 bits per heavy atom. The van der Waals surface area contributed by atoms with Gasteiger partial charge >= 0.3 is 12.3 Å². The summed E-state index contributed by atoms with van der Waals surface area (Å²) >= 11 is 0. The number of benzene rings is 2. The number of hydrogen-bond donors (Lipinski definition) is 3. The van der Waals surface area contributed by atoms with E-state index >= 15 is 0 Å². The summed E-state index contributed by atoms with van der Waals surface area (Å²) in [4.78, 5) is 50.4. The fraction of sp³-hybridized carbons (Fsp3) is 0.394. The van der Waals surface area contributed by atoms with E-state index in [1.807, 2.05) is 0 Å². The van der Waals surface area contributed by atoms with Gasteiger partial charge in [0.05, 0.1) is 16.8 Å². The Morgan fingerprint density at radius 2 is 1.62 bits per heavy atom. The number of aromatic nitrogens is 1. The summed E-state index contributed by atoms with van der Waals surface area (Å²) < 4.78 is 46.1. The number of nitrogens with zero attached hydrogens (tertiary/aromatic N) is 1. The molecular formula is C33H37F3N4O5. The summed E-state index contributed by atoms with van der Waals surface area (Å²) in [6, 6.07) is 13.0. The first kappa shape index (κ1) is 33.3. The van der Waals surface area contributed by atoms with Crippen LogP contribution >= 0.6 is 0 Å². The van der Waals surface area contributed by atoms with E-state index in [0.29, 0.717) is 36.1 Å². The molecule has 1 aromatic heterocycles. The molecule has 0 bridgehead atoms. The second kappa shape index (κ2) is 13.2. The molecule has 1 saturated carbocycles. The average molecular weight is 627 g/mol. The Balaban J connectivity index is 1.49. The van der Waals surface area contributed by atoms with Crippen molar-refractivity contribution in [2.75, 3.05) is 5.32 Å². The maximum atomic E-state index is 13.7. The topological polar surface area (TPSA) is 119 Å². The van der Waals surface area contributed by atoms with Crippen molar-refractivity contribution in [1.82, 2.24) is 15.2 Å². The lowest BCUT2D eigenvalue weighted by atomic mass is 9.71. The highest BCUT2D eigenvalue weighted by molar-refractivity contribution is 5.94. The third-order valence-corrected chi connectivity index (χ3v) is 7.73. The van der Waals surface area contributed by atoms with Crippen LogP contribution in [0.2, 0.25) is 0 Å². The van der Waals surface area contributed by atoms with Crippen molar-refractivity contribution < 1.29 is 37.1 Å². The minimum atomic E-state index is -4.50.